The Hall–Kier alpha value is -6.56. The number of likely N-dealkylation sites (tertiary alicyclic amines) is 4. The second-order valence-corrected chi connectivity index (χ2v) is 28.4. The maximum atomic E-state index is 12.4. The minimum absolute atomic E-state index is 0.112. The molecule has 12 N–H and O–H groups in total. The van der Waals surface area contributed by atoms with Crippen LogP contribution >= 0.6 is 0 Å². The second-order valence-electron chi connectivity index (χ2n) is 22.2. The largest absolute Gasteiger partial charge is 0.496 e. The highest BCUT2D eigenvalue weighted by molar-refractivity contribution is 7.90. The summed E-state index contributed by atoms with van der Waals surface area (Å²) < 4.78 is 112. The maximum absolute atomic E-state index is 12.4. The highest BCUT2D eigenvalue weighted by Gasteiger charge is 2.29. The van der Waals surface area contributed by atoms with E-state index in [1.165, 1.54) is 101 Å². The van der Waals surface area contributed by atoms with Gasteiger partial charge in [0.05, 0.1) is 70.3 Å². The molecular weight excluding hydrogens is 1270 g/mol. The summed E-state index contributed by atoms with van der Waals surface area (Å²) in [5.74, 6) is -0.208. The predicted octanol–water partition coefficient (Wildman–Crippen LogP) is 2.23. The lowest BCUT2D eigenvalue weighted by atomic mass is 10.1. The van der Waals surface area contributed by atoms with Crippen LogP contribution in [0.5, 0.6) is 23.0 Å². The summed E-state index contributed by atoms with van der Waals surface area (Å²) in [4.78, 5) is 58.5. The van der Waals surface area contributed by atoms with Crippen molar-refractivity contribution in [3.05, 3.63) is 95.1 Å². The van der Waals surface area contributed by atoms with Crippen LogP contribution in [0.1, 0.15) is 120 Å². The number of rotatable bonds is 24. The zero-order chi connectivity index (χ0) is 68.1. The lowest BCUT2D eigenvalue weighted by Gasteiger charge is -2.23. The number of ether oxygens (including phenoxy) is 4. The van der Waals surface area contributed by atoms with Crippen LogP contribution in [0.2, 0.25) is 0 Å². The first-order chi connectivity index (χ1) is 43.5. The molecule has 4 atom stereocenters. The third kappa shape index (κ3) is 21.8. The zero-order valence-electron chi connectivity index (χ0n) is 53.6. The molecule has 4 heterocycles. The Morgan fingerprint density at radius 2 is 0.554 bits per heavy atom. The molecule has 0 spiro atoms. The molecule has 4 fully saturated rings. The van der Waals surface area contributed by atoms with Gasteiger partial charge in [0.1, 0.15) is 23.0 Å². The Morgan fingerprint density at radius 3 is 0.707 bits per heavy atom. The molecule has 0 saturated carbocycles. The van der Waals surface area contributed by atoms with Gasteiger partial charge in [-0.2, -0.15) is 0 Å². The highest BCUT2D eigenvalue weighted by atomic mass is 32.2. The van der Waals surface area contributed by atoms with Crippen molar-refractivity contribution >= 4 is 63.7 Å². The van der Waals surface area contributed by atoms with E-state index in [2.05, 4.69) is 68.6 Å². The number of nitrogens with one attached hydrogen (secondary N) is 4. The number of carbonyl (C=O) groups excluding carboxylic acids is 4. The summed E-state index contributed by atoms with van der Waals surface area (Å²) in [5.41, 5.74) is 0.667. The Bertz CT molecular complexity index is 3170. The second kappa shape index (κ2) is 35.1. The van der Waals surface area contributed by atoms with Crippen LogP contribution in [0.25, 0.3) is 0 Å². The molecule has 4 saturated heterocycles. The Morgan fingerprint density at radius 1 is 0.370 bits per heavy atom. The van der Waals surface area contributed by atoms with Crippen molar-refractivity contribution in [2.45, 2.75) is 123 Å². The van der Waals surface area contributed by atoms with Crippen LogP contribution in [-0.2, 0) is 40.1 Å². The molecule has 4 aliphatic heterocycles. The standard InChI is InChI=1S/4C15H23N3O4S/c4*1-3-18-8-4-5-11(18)10-17-15(19)13-9-12(23(16,20)21)6-7-14(13)22-2/h4*6-7,9,11H,3-5,8,10H2,1-2H3,(H,17,19)(H2,16,20,21)/t4*11-/m0000/s1. The SMILES string of the molecule is CCN1CCC[C@H]1CNC(=O)c1cc(S(N)(=O)=O)ccc1OC.CCN1CCC[C@H]1CNC(=O)c1cc(S(N)(=O)=O)ccc1OC.CCN1CCC[C@H]1CNC(=O)c1cc(S(N)(=O)=O)ccc1OC.CCN1CCC[C@H]1CNC(=O)c1cc(S(N)(=O)=O)ccc1OC. The van der Waals surface area contributed by atoms with E-state index < -0.39 is 40.1 Å². The molecule has 0 aliphatic carbocycles. The number of primary sulfonamides is 4. The number of methoxy groups -OCH3 is 4. The summed E-state index contributed by atoms with van der Waals surface area (Å²) in [5, 5.41) is 31.9. The van der Waals surface area contributed by atoms with E-state index in [-0.39, 0.29) is 65.5 Å². The third-order valence-corrected chi connectivity index (χ3v) is 20.2. The lowest BCUT2D eigenvalue weighted by molar-refractivity contribution is 0.0930. The molecule has 92 heavy (non-hydrogen) atoms. The minimum atomic E-state index is -3.87. The van der Waals surface area contributed by atoms with Crippen LogP contribution in [0, 0.1) is 0 Å². The van der Waals surface area contributed by atoms with Gasteiger partial charge in [-0.15, -0.1) is 0 Å². The molecule has 32 heteroatoms. The van der Waals surface area contributed by atoms with Crippen molar-refractivity contribution in [1.82, 2.24) is 40.9 Å². The van der Waals surface area contributed by atoms with Crippen molar-refractivity contribution < 1.29 is 71.8 Å². The van der Waals surface area contributed by atoms with Gasteiger partial charge in [0.25, 0.3) is 23.6 Å². The van der Waals surface area contributed by atoms with Crippen molar-refractivity contribution in [2.24, 2.45) is 20.6 Å². The molecule has 4 amide bonds. The first kappa shape index (κ1) is 76.2. The molecule has 0 radical (unpaired) electrons. The van der Waals surface area contributed by atoms with E-state index in [9.17, 15) is 52.8 Å². The molecule has 512 valence electrons. The molecule has 0 bridgehead atoms. The number of nitrogens with zero attached hydrogens (tertiary/aromatic N) is 4. The number of benzene rings is 4. The fraction of sp³-hybridized carbons (Fsp3) is 0.533. The van der Waals surface area contributed by atoms with E-state index in [0.29, 0.717) is 73.3 Å². The number of nitrogens with two attached hydrogens (primary N) is 4. The molecule has 0 aromatic heterocycles. The van der Waals surface area contributed by atoms with E-state index in [4.69, 9.17) is 39.5 Å². The molecular formula is C60H92N12O16S4. The average Bonchev–Trinajstić information content (AvgIpc) is 1.28. The predicted molar refractivity (Wildman–Crippen MR) is 348 cm³/mol. The summed E-state index contributed by atoms with van der Waals surface area (Å²) in [6.45, 7) is 18.4. The maximum Gasteiger partial charge on any atom is 0.255 e. The third-order valence-electron chi connectivity index (χ3n) is 16.6. The first-order valence-electron chi connectivity index (χ1n) is 30.4. The van der Waals surface area contributed by atoms with Crippen LogP contribution in [-0.4, -0.2) is 208 Å². The fourth-order valence-corrected chi connectivity index (χ4v) is 13.7. The number of hydrogen-bond acceptors (Lipinski definition) is 20. The van der Waals surface area contributed by atoms with Crippen LogP contribution in [0.4, 0.5) is 0 Å². The van der Waals surface area contributed by atoms with Gasteiger partial charge in [-0.1, -0.05) is 27.7 Å². The quantitative estimate of drug-likeness (QED) is 0.0498. The van der Waals surface area contributed by atoms with Crippen molar-refractivity contribution in [2.75, 3.05) is 107 Å². The number of sulfonamides is 4. The average molecular weight is 1370 g/mol. The Balaban J connectivity index is 0.000000223. The van der Waals surface area contributed by atoms with Crippen molar-refractivity contribution in [1.29, 1.82) is 0 Å². The summed E-state index contributed by atoms with van der Waals surface area (Å²) in [7, 11) is -9.77. The number of likely N-dealkylation sites (N-methyl/N-ethyl adjacent to an activating group) is 4. The molecule has 4 aromatic carbocycles. The molecule has 28 nitrogen and oxygen atoms in total. The van der Waals surface area contributed by atoms with Crippen molar-refractivity contribution in [3.8, 4) is 23.0 Å². The summed E-state index contributed by atoms with van der Waals surface area (Å²) >= 11 is 0. The van der Waals surface area contributed by atoms with E-state index in [1.54, 1.807) is 0 Å². The first-order valence-corrected chi connectivity index (χ1v) is 36.6. The number of hydrogen-bond donors (Lipinski definition) is 8. The zero-order valence-corrected chi connectivity index (χ0v) is 56.9. The van der Waals surface area contributed by atoms with Gasteiger partial charge in [-0.3, -0.25) is 38.8 Å². The summed E-state index contributed by atoms with van der Waals surface area (Å²) in [6.07, 6.45) is 8.67. The monoisotopic (exact) mass is 1360 g/mol. The van der Waals surface area contributed by atoms with Gasteiger partial charge >= 0.3 is 0 Å². The Labute approximate surface area is 541 Å². The topological polar surface area (TPSA) is 407 Å². The van der Waals surface area contributed by atoms with Crippen LogP contribution in [0.15, 0.2) is 92.4 Å². The molecule has 8 rings (SSSR count). The van der Waals surface area contributed by atoms with E-state index >= 15 is 0 Å². The lowest BCUT2D eigenvalue weighted by Crippen LogP contribution is -2.40. The smallest absolute Gasteiger partial charge is 0.255 e. The Kier molecular flexibility index (Phi) is 29.0. The van der Waals surface area contributed by atoms with Gasteiger partial charge < -0.3 is 40.2 Å². The van der Waals surface area contributed by atoms with Crippen LogP contribution in [0.3, 0.4) is 0 Å². The summed E-state index contributed by atoms with van der Waals surface area (Å²) in [6, 6.07) is 17.3. The van der Waals surface area contributed by atoms with Gasteiger partial charge in [-0.05, 0) is 177 Å². The van der Waals surface area contributed by atoms with Gasteiger partial charge in [0, 0.05) is 50.3 Å². The molecule has 4 aliphatic rings. The molecule has 4 aromatic rings. The van der Waals surface area contributed by atoms with Crippen LogP contribution < -0.4 is 60.8 Å². The van der Waals surface area contributed by atoms with E-state index in [1.807, 2.05) is 0 Å². The van der Waals surface area contributed by atoms with Gasteiger partial charge in [-0.25, -0.2) is 54.2 Å². The van der Waals surface area contributed by atoms with Gasteiger partial charge in [0.15, 0.2) is 0 Å². The number of carbonyl (C=O) groups is 4. The number of amides is 4. The van der Waals surface area contributed by atoms with Crippen molar-refractivity contribution in [3.63, 3.8) is 0 Å². The fourth-order valence-electron chi connectivity index (χ4n) is 11.6. The minimum Gasteiger partial charge on any atom is -0.496 e. The van der Waals surface area contributed by atoms with E-state index in [0.717, 1.165) is 104 Å². The molecule has 0 unspecified atom stereocenters. The van der Waals surface area contributed by atoms with Gasteiger partial charge in [0.2, 0.25) is 40.1 Å². The highest BCUT2D eigenvalue weighted by Crippen LogP contribution is 2.27. The normalized spacial score (nSPS) is 18.8.